The number of amides is 2. The molecule has 43 heavy (non-hydrogen) atoms. The van der Waals surface area contributed by atoms with Crippen LogP contribution in [0.5, 0.6) is 5.75 Å². The first-order valence-electron chi connectivity index (χ1n) is 13.0. The average Bonchev–Trinajstić information content (AvgIpc) is 3.41. The molecule has 10 nitrogen and oxygen atoms in total. The number of benzene rings is 2. The molecule has 1 aliphatic heterocycles. The second kappa shape index (κ2) is 12.3. The predicted octanol–water partition coefficient (Wildman–Crippen LogP) is 4.22. The Labute approximate surface area is 243 Å². The van der Waals surface area contributed by atoms with Crippen LogP contribution in [-0.2, 0) is 27.3 Å². The van der Waals surface area contributed by atoms with Gasteiger partial charge in [0.1, 0.15) is 17.6 Å². The minimum absolute atomic E-state index is 0.0443. The number of piperazine rings is 1. The summed E-state index contributed by atoms with van der Waals surface area (Å²) in [7, 11) is -4.45. The number of hydrogen-bond acceptors (Lipinski definition) is 7. The zero-order chi connectivity index (χ0) is 31.6. The van der Waals surface area contributed by atoms with E-state index in [1.165, 1.54) is 42.2 Å². The maximum Gasteiger partial charge on any atom is 0.573 e. The smallest absolute Gasteiger partial charge is 0.406 e. The Bertz CT molecular complexity index is 1560. The molecule has 1 atom stereocenters. The van der Waals surface area contributed by atoms with Gasteiger partial charge in [0.2, 0.25) is 15.9 Å². The first-order chi connectivity index (χ1) is 20.1. The summed E-state index contributed by atoms with van der Waals surface area (Å²) in [4.78, 5) is 27.2. The number of sulfonamides is 1. The van der Waals surface area contributed by atoms with Crippen LogP contribution in [0, 0.1) is 6.92 Å². The fraction of sp³-hybridized carbons (Fsp3) is 0.370. The predicted molar refractivity (Wildman–Crippen MR) is 140 cm³/mol. The van der Waals surface area contributed by atoms with Crippen molar-refractivity contribution in [3.05, 3.63) is 77.2 Å². The van der Waals surface area contributed by atoms with Gasteiger partial charge in [0, 0.05) is 44.2 Å². The second-order valence-corrected chi connectivity index (χ2v) is 11.6. The van der Waals surface area contributed by atoms with E-state index in [1.807, 2.05) is 0 Å². The van der Waals surface area contributed by atoms with Crippen molar-refractivity contribution in [2.45, 2.75) is 50.0 Å². The van der Waals surface area contributed by atoms with Crippen LogP contribution in [0.3, 0.4) is 0 Å². The van der Waals surface area contributed by atoms with Gasteiger partial charge in [-0.3, -0.25) is 9.59 Å². The minimum atomic E-state index is -4.98. The highest BCUT2D eigenvalue weighted by Gasteiger charge is 2.42. The molecule has 4 rings (SSSR count). The number of aromatic nitrogens is 1. The summed E-state index contributed by atoms with van der Waals surface area (Å²) in [5.41, 5.74) is 0.219. The van der Waals surface area contributed by atoms with Gasteiger partial charge in [0.15, 0.2) is 5.69 Å². The van der Waals surface area contributed by atoms with Crippen LogP contribution < -0.4 is 10.1 Å². The van der Waals surface area contributed by atoms with E-state index >= 15 is 0 Å². The molecule has 1 aliphatic rings. The molecule has 2 amide bonds. The number of rotatable bonds is 9. The summed E-state index contributed by atoms with van der Waals surface area (Å²) in [5, 5.41) is 6.26. The highest BCUT2D eigenvalue weighted by atomic mass is 32.2. The molecule has 16 heteroatoms. The van der Waals surface area contributed by atoms with E-state index in [0.29, 0.717) is 11.3 Å². The van der Waals surface area contributed by atoms with Gasteiger partial charge in [-0.2, -0.15) is 4.31 Å². The van der Waals surface area contributed by atoms with Crippen molar-refractivity contribution in [3.63, 3.8) is 0 Å². The van der Waals surface area contributed by atoms with Gasteiger partial charge in [-0.25, -0.2) is 17.2 Å². The van der Waals surface area contributed by atoms with Crippen LogP contribution in [0.25, 0.3) is 0 Å². The Kier molecular flexibility index (Phi) is 9.11. The van der Waals surface area contributed by atoms with Crippen LogP contribution in [-0.4, -0.2) is 66.6 Å². The number of halogens is 5. The average molecular weight is 631 g/mol. The first-order valence-corrected chi connectivity index (χ1v) is 14.4. The van der Waals surface area contributed by atoms with Crippen molar-refractivity contribution in [1.29, 1.82) is 0 Å². The molecule has 0 unspecified atom stereocenters. The molecule has 1 aromatic heterocycles. The molecule has 3 aromatic rings. The summed E-state index contributed by atoms with van der Waals surface area (Å²) in [6.45, 7) is 1.95. The molecule has 0 radical (unpaired) electrons. The Morgan fingerprint density at radius 2 is 1.70 bits per heavy atom. The molecule has 1 fully saturated rings. The Morgan fingerprint density at radius 1 is 1.05 bits per heavy atom. The Hall–Kier alpha value is -4.05. The number of nitrogens with one attached hydrogen (secondary N) is 1. The lowest BCUT2D eigenvalue weighted by Crippen LogP contribution is -2.61. The van der Waals surface area contributed by atoms with E-state index in [-0.39, 0.29) is 37.4 Å². The van der Waals surface area contributed by atoms with E-state index in [4.69, 9.17) is 4.52 Å². The zero-order valence-corrected chi connectivity index (χ0v) is 23.7. The van der Waals surface area contributed by atoms with Gasteiger partial charge < -0.3 is 19.5 Å². The third kappa shape index (κ3) is 7.48. The minimum Gasteiger partial charge on any atom is -0.406 e. The lowest BCUT2D eigenvalue weighted by Gasteiger charge is -2.39. The topological polar surface area (TPSA) is 122 Å². The molecule has 0 saturated carbocycles. The third-order valence-corrected chi connectivity index (χ3v) is 8.64. The molecule has 0 bridgehead atoms. The van der Waals surface area contributed by atoms with Crippen LogP contribution >= 0.6 is 0 Å². The number of ether oxygens (including phenoxy) is 1. The molecule has 0 spiro atoms. The number of hydrogen-bond donors (Lipinski definition) is 1. The molecular formula is C27H27F5N4O6S. The Balaban J connectivity index is 1.56. The van der Waals surface area contributed by atoms with Crippen LogP contribution in [0.1, 0.15) is 40.7 Å². The molecule has 2 heterocycles. The third-order valence-electron chi connectivity index (χ3n) is 6.72. The summed E-state index contributed by atoms with van der Waals surface area (Å²) in [5.74, 6) is -4.69. The van der Waals surface area contributed by atoms with Gasteiger partial charge in [-0.1, -0.05) is 36.3 Å². The second-order valence-electron chi connectivity index (χ2n) is 9.70. The number of nitrogens with zero attached hydrogens (tertiary/aromatic N) is 3. The largest absolute Gasteiger partial charge is 0.573 e. The highest BCUT2D eigenvalue weighted by Crippen LogP contribution is 2.31. The van der Waals surface area contributed by atoms with Gasteiger partial charge >= 0.3 is 6.36 Å². The fourth-order valence-corrected chi connectivity index (χ4v) is 5.98. The number of alkyl halides is 5. The lowest BCUT2D eigenvalue weighted by atomic mass is 10.0. The Morgan fingerprint density at radius 3 is 2.26 bits per heavy atom. The van der Waals surface area contributed by atoms with Crippen molar-refractivity contribution in [3.8, 4) is 5.75 Å². The molecule has 0 aliphatic carbocycles. The summed E-state index contributed by atoms with van der Waals surface area (Å²) in [6.07, 6.45) is -5.37. The lowest BCUT2D eigenvalue weighted by molar-refractivity contribution is -0.274. The van der Waals surface area contributed by atoms with Crippen molar-refractivity contribution in [1.82, 2.24) is 19.7 Å². The molecular weight excluding hydrogens is 603 g/mol. The zero-order valence-electron chi connectivity index (χ0n) is 22.9. The fourth-order valence-electron chi connectivity index (χ4n) is 4.41. The van der Waals surface area contributed by atoms with Crippen molar-refractivity contribution in [2.24, 2.45) is 0 Å². The van der Waals surface area contributed by atoms with E-state index in [9.17, 15) is 40.0 Å². The number of carbonyl (C=O) groups excluding carboxylic acids is 2. The van der Waals surface area contributed by atoms with Crippen molar-refractivity contribution >= 4 is 21.8 Å². The summed E-state index contributed by atoms with van der Waals surface area (Å²) in [6, 6.07) is 8.68. The van der Waals surface area contributed by atoms with E-state index < -0.39 is 57.2 Å². The molecule has 2 aromatic carbocycles. The monoisotopic (exact) mass is 630 g/mol. The van der Waals surface area contributed by atoms with Gasteiger partial charge in [0.05, 0.1) is 4.90 Å². The van der Waals surface area contributed by atoms with E-state index in [1.54, 1.807) is 6.92 Å². The van der Waals surface area contributed by atoms with Gasteiger partial charge in [-0.15, -0.1) is 13.2 Å². The van der Waals surface area contributed by atoms with Gasteiger partial charge in [-0.05, 0) is 36.8 Å². The van der Waals surface area contributed by atoms with Gasteiger partial charge in [0.25, 0.3) is 11.8 Å². The molecule has 1 N–H and O–H groups in total. The number of carbonyl (C=O) groups is 2. The van der Waals surface area contributed by atoms with Crippen LogP contribution in [0.15, 0.2) is 64.0 Å². The molecule has 232 valence electrons. The highest BCUT2D eigenvalue weighted by molar-refractivity contribution is 7.89. The maximum absolute atomic E-state index is 14.0. The van der Waals surface area contributed by atoms with E-state index in [2.05, 4.69) is 15.2 Å². The number of aryl methyl sites for hydroxylation is 1. The van der Waals surface area contributed by atoms with Crippen molar-refractivity contribution < 1.29 is 49.2 Å². The standard InChI is InChI=1S/C27H27F5N4O6S/c1-3-26(28,29)19-6-4-18(5-7-19)15-33-24(37)23-16-35(25(38)22-14-17(2)42-34-22)12-13-36(23)43(39,40)21-10-8-20(9-11-21)41-27(30,31)32/h4-11,14,23H,3,12-13,15-16H2,1-2H3,(H,33,37)/t23-/m1/s1. The first kappa shape index (κ1) is 31.9. The van der Waals surface area contributed by atoms with E-state index in [0.717, 1.165) is 28.6 Å². The summed E-state index contributed by atoms with van der Waals surface area (Å²) < 4.78 is 102. The quantitative estimate of drug-likeness (QED) is 0.352. The SMILES string of the molecule is CCC(F)(F)c1ccc(CNC(=O)[C@H]2CN(C(=O)c3cc(C)on3)CCN2S(=O)(=O)c2ccc(OC(F)(F)F)cc2)cc1. The van der Waals surface area contributed by atoms with Crippen molar-refractivity contribution in [2.75, 3.05) is 19.6 Å². The van der Waals surface area contributed by atoms with Crippen LogP contribution in [0.4, 0.5) is 22.0 Å². The molecule has 1 saturated heterocycles. The maximum atomic E-state index is 14.0. The summed E-state index contributed by atoms with van der Waals surface area (Å²) >= 11 is 0. The normalized spacial score (nSPS) is 16.6. The van der Waals surface area contributed by atoms with Crippen LogP contribution in [0.2, 0.25) is 0 Å².